The number of para-hydroxylation sites is 4. The molecule has 0 saturated heterocycles. The number of nitrogens with zero attached hydrogens (tertiary/aromatic N) is 1. The van der Waals surface area contributed by atoms with Crippen LogP contribution in [0.2, 0.25) is 0 Å². The summed E-state index contributed by atoms with van der Waals surface area (Å²) < 4.78 is 15.3. The van der Waals surface area contributed by atoms with Crippen molar-refractivity contribution in [2.24, 2.45) is 0 Å². The summed E-state index contributed by atoms with van der Waals surface area (Å²) in [6, 6.07) is 80.4. The highest BCUT2D eigenvalue weighted by atomic mass is 32.1. The fourth-order valence-electron chi connectivity index (χ4n) is 9.54. The molecular weight excluding hydrogens is 799 g/mol. The fraction of sp³-hybridized carbons (Fsp3) is 0. The minimum Gasteiger partial charge on any atom is -0.455 e. The molecule has 0 bridgehead atoms. The molecule has 0 aliphatic carbocycles. The van der Waals surface area contributed by atoms with E-state index in [-0.39, 0.29) is 0 Å². The first-order chi connectivity index (χ1) is 31.7. The fourth-order valence-corrected chi connectivity index (χ4v) is 10.7. The summed E-state index contributed by atoms with van der Waals surface area (Å²) in [6.45, 7) is 0. The van der Waals surface area contributed by atoms with Crippen molar-refractivity contribution < 1.29 is 8.83 Å². The van der Waals surface area contributed by atoms with Gasteiger partial charge in [-0.15, -0.1) is 11.3 Å². The smallest absolute Gasteiger partial charge is 0.143 e. The highest BCUT2D eigenvalue weighted by Crippen LogP contribution is 2.43. The van der Waals surface area contributed by atoms with E-state index in [2.05, 4.69) is 205 Å². The number of fused-ring (bicyclic) bond motifs is 9. The van der Waals surface area contributed by atoms with Gasteiger partial charge in [0, 0.05) is 69.9 Å². The van der Waals surface area contributed by atoms with Crippen LogP contribution in [0.4, 0.5) is 17.1 Å². The topological polar surface area (TPSA) is 29.5 Å². The number of rotatable bonds is 7. The van der Waals surface area contributed by atoms with Crippen LogP contribution in [-0.2, 0) is 0 Å². The number of thiophene rings is 1. The van der Waals surface area contributed by atoms with Crippen LogP contribution in [0.5, 0.6) is 0 Å². The summed E-state index contributed by atoms with van der Waals surface area (Å²) in [4.78, 5) is 2.36. The molecule has 0 unspecified atom stereocenters. The summed E-state index contributed by atoms with van der Waals surface area (Å²) in [5, 5.41) is 7.14. The number of benzene rings is 10. The Hall–Kier alpha value is -8.18. The largest absolute Gasteiger partial charge is 0.455 e. The van der Waals surface area contributed by atoms with Gasteiger partial charge in [-0.05, 0) is 88.0 Å². The predicted molar refractivity (Wildman–Crippen MR) is 270 cm³/mol. The molecule has 0 saturated carbocycles. The predicted octanol–water partition coefficient (Wildman–Crippen LogP) is 18.0. The molecule has 3 heterocycles. The molecule has 4 heteroatoms. The van der Waals surface area contributed by atoms with Crippen LogP contribution in [0.1, 0.15) is 0 Å². The summed E-state index contributed by atoms with van der Waals surface area (Å²) in [5.41, 5.74) is 16.1. The molecule has 0 aliphatic rings. The van der Waals surface area contributed by atoms with E-state index in [1.807, 2.05) is 35.6 Å². The minimum atomic E-state index is 0.906. The lowest BCUT2D eigenvalue weighted by molar-refractivity contribution is 0.669. The Kier molecular flexibility index (Phi) is 8.40. The van der Waals surface area contributed by atoms with Gasteiger partial charge in [-0.25, -0.2) is 0 Å². The molecule has 3 nitrogen and oxygen atoms in total. The molecule has 300 valence electrons. The van der Waals surface area contributed by atoms with Gasteiger partial charge in [0.25, 0.3) is 0 Å². The molecule has 0 amide bonds. The van der Waals surface area contributed by atoms with Crippen LogP contribution in [0.3, 0.4) is 0 Å². The van der Waals surface area contributed by atoms with Crippen LogP contribution in [0, 0.1) is 0 Å². The number of anilines is 3. The van der Waals surface area contributed by atoms with Gasteiger partial charge in [0.05, 0.1) is 0 Å². The number of hydrogen-bond acceptors (Lipinski definition) is 4. The Balaban J connectivity index is 0.817. The van der Waals surface area contributed by atoms with Gasteiger partial charge in [0.15, 0.2) is 0 Å². The highest BCUT2D eigenvalue weighted by molar-refractivity contribution is 7.25. The van der Waals surface area contributed by atoms with Crippen LogP contribution >= 0.6 is 11.3 Å². The lowest BCUT2D eigenvalue weighted by atomic mass is 9.97. The third-order valence-electron chi connectivity index (χ3n) is 12.7. The summed E-state index contributed by atoms with van der Waals surface area (Å²) in [6.07, 6.45) is 0. The maximum Gasteiger partial charge on any atom is 0.143 e. The molecule has 0 aliphatic heterocycles. The second kappa shape index (κ2) is 14.7. The van der Waals surface area contributed by atoms with E-state index in [9.17, 15) is 0 Å². The van der Waals surface area contributed by atoms with Crippen molar-refractivity contribution in [2.75, 3.05) is 4.90 Å². The van der Waals surface area contributed by atoms with Gasteiger partial charge in [0.1, 0.15) is 22.3 Å². The van der Waals surface area contributed by atoms with E-state index in [0.717, 1.165) is 83.2 Å². The number of furan rings is 2. The summed E-state index contributed by atoms with van der Waals surface area (Å²) in [7, 11) is 0. The molecule has 13 rings (SSSR count). The van der Waals surface area contributed by atoms with E-state index in [1.54, 1.807) is 0 Å². The number of hydrogen-bond donors (Lipinski definition) is 0. The van der Waals surface area contributed by atoms with Gasteiger partial charge in [0.2, 0.25) is 0 Å². The molecule has 0 radical (unpaired) electrons. The first kappa shape index (κ1) is 36.5. The minimum absolute atomic E-state index is 0.906. The normalized spacial score (nSPS) is 11.8. The standard InChI is InChI=1S/C60H37NO2S/c1-4-16-55-49(9-1)53-14-7-12-47(59(53)62-55)42-25-23-40(24-26-42)38-19-21-39(22-20-38)41-27-31-44(32-28-41)61(46-35-36-52-51-11-3-6-18-57(51)64-58(52)37-46)45-33-29-43(30-34-45)48-13-8-15-54-50-10-2-5-17-56(50)63-60(48)54/h1-37H. The Bertz CT molecular complexity index is 3870. The quantitative estimate of drug-likeness (QED) is 0.160. The second-order valence-corrected chi connectivity index (χ2v) is 17.5. The van der Waals surface area contributed by atoms with E-state index >= 15 is 0 Å². The third kappa shape index (κ3) is 6.03. The van der Waals surface area contributed by atoms with Crippen LogP contribution in [-0.4, -0.2) is 0 Å². The molecule has 64 heavy (non-hydrogen) atoms. The molecule has 13 aromatic rings. The Morgan fingerprint density at radius 2 is 0.672 bits per heavy atom. The molecule has 10 aromatic carbocycles. The summed E-state index contributed by atoms with van der Waals surface area (Å²) in [5.74, 6) is 0. The second-order valence-electron chi connectivity index (χ2n) is 16.4. The van der Waals surface area contributed by atoms with E-state index in [0.29, 0.717) is 0 Å². The van der Waals surface area contributed by atoms with Crippen molar-refractivity contribution in [3.63, 3.8) is 0 Å². The zero-order chi connectivity index (χ0) is 42.1. The zero-order valence-electron chi connectivity index (χ0n) is 34.5. The molecule has 0 N–H and O–H groups in total. The van der Waals surface area contributed by atoms with Gasteiger partial charge >= 0.3 is 0 Å². The van der Waals surface area contributed by atoms with Crippen LogP contribution in [0.15, 0.2) is 233 Å². The van der Waals surface area contributed by atoms with Gasteiger partial charge in [-0.2, -0.15) is 0 Å². The first-order valence-electron chi connectivity index (χ1n) is 21.6. The van der Waals surface area contributed by atoms with E-state index in [1.165, 1.54) is 42.4 Å². The van der Waals surface area contributed by atoms with Crippen molar-refractivity contribution in [1.29, 1.82) is 0 Å². The highest BCUT2D eigenvalue weighted by Gasteiger charge is 2.18. The molecule has 0 atom stereocenters. The van der Waals surface area contributed by atoms with Crippen molar-refractivity contribution in [3.8, 4) is 44.5 Å². The Morgan fingerprint density at radius 3 is 1.20 bits per heavy atom. The Labute approximate surface area is 373 Å². The maximum atomic E-state index is 6.42. The van der Waals surface area contributed by atoms with Crippen molar-refractivity contribution in [3.05, 3.63) is 224 Å². The van der Waals surface area contributed by atoms with Gasteiger partial charge in [-0.1, -0.05) is 170 Å². The molecule has 3 aromatic heterocycles. The summed E-state index contributed by atoms with van der Waals surface area (Å²) >= 11 is 1.84. The lowest BCUT2D eigenvalue weighted by Crippen LogP contribution is -2.09. The average Bonchev–Trinajstić information content (AvgIpc) is 4.06. The lowest BCUT2D eigenvalue weighted by Gasteiger charge is -2.26. The van der Waals surface area contributed by atoms with Crippen molar-refractivity contribution in [1.82, 2.24) is 0 Å². The average molecular weight is 836 g/mol. The Morgan fingerprint density at radius 1 is 0.281 bits per heavy atom. The van der Waals surface area contributed by atoms with Crippen molar-refractivity contribution in [2.45, 2.75) is 0 Å². The van der Waals surface area contributed by atoms with E-state index in [4.69, 9.17) is 8.83 Å². The molecular formula is C60H37NO2S. The van der Waals surface area contributed by atoms with Crippen LogP contribution < -0.4 is 4.90 Å². The molecule has 0 spiro atoms. The van der Waals surface area contributed by atoms with Gasteiger partial charge in [-0.3, -0.25) is 0 Å². The SMILES string of the molecule is c1ccc2c(c1)oc1c(-c3ccc(-c4ccc(-c5ccc(N(c6ccc(-c7cccc8c7oc7ccccc78)cc6)c6ccc7c(c6)sc6ccccc67)cc5)cc4)cc3)cccc12. The zero-order valence-corrected chi connectivity index (χ0v) is 35.4. The maximum absolute atomic E-state index is 6.42. The first-order valence-corrected chi connectivity index (χ1v) is 22.5. The van der Waals surface area contributed by atoms with E-state index < -0.39 is 0 Å². The third-order valence-corrected chi connectivity index (χ3v) is 13.9. The van der Waals surface area contributed by atoms with Crippen LogP contribution in [0.25, 0.3) is 109 Å². The van der Waals surface area contributed by atoms with Gasteiger partial charge < -0.3 is 13.7 Å². The molecule has 0 fully saturated rings. The monoisotopic (exact) mass is 835 g/mol. The van der Waals surface area contributed by atoms with Crippen molar-refractivity contribution >= 4 is 92.4 Å².